The minimum absolute atomic E-state index is 0.0786. The molecule has 0 spiro atoms. The second kappa shape index (κ2) is 10.4. The van der Waals surface area contributed by atoms with Crippen molar-refractivity contribution in [2.45, 2.75) is 62.7 Å². The molecule has 4 atom stereocenters. The Morgan fingerprint density at radius 3 is 2.33 bits per heavy atom. The third-order valence-corrected chi connectivity index (χ3v) is 5.99. The molecule has 4 amide bonds. The predicted octanol–water partition coefficient (Wildman–Crippen LogP) is -2.29. The van der Waals surface area contributed by atoms with E-state index in [-0.39, 0.29) is 25.9 Å². The molecule has 0 bridgehead atoms. The highest BCUT2D eigenvalue weighted by atomic mass is 16.4. The number of carboxylic acid groups (broad SMARTS) is 1. The molecule has 2 saturated heterocycles. The molecular weight excluding hydrogens is 434 g/mol. The van der Waals surface area contributed by atoms with Crippen LogP contribution in [0.15, 0.2) is 12.5 Å². The van der Waals surface area contributed by atoms with Gasteiger partial charge in [0.1, 0.15) is 18.1 Å². The maximum Gasteiger partial charge on any atom is 0.326 e. The third-order valence-electron chi connectivity index (χ3n) is 5.99. The number of nitrogens with zero attached hydrogens (tertiary/aromatic N) is 3. The van der Waals surface area contributed by atoms with E-state index in [0.717, 1.165) is 0 Å². The van der Waals surface area contributed by atoms with E-state index in [9.17, 15) is 29.1 Å². The molecule has 2 aliphatic heterocycles. The summed E-state index contributed by atoms with van der Waals surface area (Å²) >= 11 is 0. The number of hydrogen-bond acceptors (Lipinski definition) is 7. The Morgan fingerprint density at radius 1 is 1.12 bits per heavy atom. The molecular formula is C20H29N7O6. The third kappa shape index (κ3) is 5.66. The number of carbonyl (C=O) groups is 5. The van der Waals surface area contributed by atoms with Crippen LogP contribution in [-0.2, 0) is 30.4 Å². The van der Waals surface area contributed by atoms with E-state index in [1.54, 1.807) is 0 Å². The van der Waals surface area contributed by atoms with Gasteiger partial charge in [0.25, 0.3) is 0 Å². The highest BCUT2D eigenvalue weighted by Crippen LogP contribution is 2.22. The Hall–Kier alpha value is -3.48. The largest absolute Gasteiger partial charge is 0.480 e. The van der Waals surface area contributed by atoms with Gasteiger partial charge in [-0.1, -0.05) is 0 Å². The summed E-state index contributed by atoms with van der Waals surface area (Å²) in [6, 6.07) is -4.01. The van der Waals surface area contributed by atoms with E-state index in [1.165, 1.54) is 22.3 Å². The summed E-state index contributed by atoms with van der Waals surface area (Å²) < 4.78 is 0. The molecule has 0 aliphatic carbocycles. The minimum Gasteiger partial charge on any atom is -0.480 e. The Labute approximate surface area is 189 Å². The number of aliphatic carboxylic acids is 1. The summed E-state index contributed by atoms with van der Waals surface area (Å²) in [5.41, 5.74) is 11.5. The maximum atomic E-state index is 13.2. The highest BCUT2D eigenvalue weighted by Gasteiger charge is 2.41. The highest BCUT2D eigenvalue weighted by molar-refractivity contribution is 5.95. The molecule has 3 heterocycles. The van der Waals surface area contributed by atoms with Gasteiger partial charge < -0.3 is 36.7 Å². The van der Waals surface area contributed by atoms with E-state index in [4.69, 9.17) is 11.5 Å². The predicted molar refractivity (Wildman–Crippen MR) is 113 cm³/mol. The number of carbonyl (C=O) groups excluding carboxylic acids is 4. The lowest BCUT2D eigenvalue weighted by Gasteiger charge is -2.30. The van der Waals surface area contributed by atoms with E-state index in [0.29, 0.717) is 31.4 Å². The van der Waals surface area contributed by atoms with Crippen LogP contribution in [0, 0.1) is 0 Å². The topological polar surface area (TPSA) is 205 Å². The fourth-order valence-electron chi connectivity index (χ4n) is 4.39. The van der Waals surface area contributed by atoms with Gasteiger partial charge in [-0.25, -0.2) is 9.78 Å². The molecule has 13 nitrogen and oxygen atoms in total. The first-order chi connectivity index (χ1) is 15.7. The van der Waals surface area contributed by atoms with E-state index in [1.807, 2.05) is 0 Å². The van der Waals surface area contributed by atoms with Gasteiger partial charge in [0.05, 0.1) is 18.8 Å². The number of primary amides is 1. The van der Waals surface area contributed by atoms with Crippen molar-refractivity contribution < 1.29 is 29.1 Å². The molecule has 0 saturated carbocycles. The Balaban J connectivity index is 1.75. The van der Waals surface area contributed by atoms with Gasteiger partial charge in [0.2, 0.25) is 23.6 Å². The number of hydrogen-bond donors (Lipinski definition) is 5. The monoisotopic (exact) mass is 463 g/mol. The zero-order valence-corrected chi connectivity index (χ0v) is 18.1. The van der Waals surface area contributed by atoms with Crippen LogP contribution in [0.5, 0.6) is 0 Å². The van der Waals surface area contributed by atoms with Gasteiger partial charge >= 0.3 is 5.97 Å². The first-order valence-electron chi connectivity index (χ1n) is 10.8. The number of imidazole rings is 1. The van der Waals surface area contributed by atoms with Crippen LogP contribution in [0.3, 0.4) is 0 Å². The molecule has 3 rings (SSSR count). The molecule has 180 valence electrons. The lowest BCUT2D eigenvalue weighted by molar-refractivity contribution is -0.149. The zero-order valence-electron chi connectivity index (χ0n) is 18.1. The molecule has 7 N–H and O–H groups in total. The molecule has 0 aromatic carbocycles. The smallest absolute Gasteiger partial charge is 0.326 e. The molecule has 1 aromatic rings. The van der Waals surface area contributed by atoms with Crippen molar-refractivity contribution in [2.75, 3.05) is 13.1 Å². The van der Waals surface area contributed by atoms with E-state index in [2.05, 4.69) is 15.3 Å². The lowest BCUT2D eigenvalue weighted by atomic mass is 10.1. The van der Waals surface area contributed by atoms with Crippen LogP contribution < -0.4 is 16.8 Å². The van der Waals surface area contributed by atoms with Gasteiger partial charge in [-0.15, -0.1) is 0 Å². The number of rotatable bonds is 9. The van der Waals surface area contributed by atoms with Crippen molar-refractivity contribution in [3.63, 3.8) is 0 Å². The average molecular weight is 463 g/mol. The number of aromatic amines is 1. The van der Waals surface area contributed by atoms with Gasteiger partial charge in [-0.2, -0.15) is 0 Å². The summed E-state index contributed by atoms with van der Waals surface area (Å²) in [7, 11) is 0. The summed E-state index contributed by atoms with van der Waals surface area (Å²) in [6.45, 7) is 0.566. The molecule has 0 radical (unpaired) electrons. The fourth-order valence-corrected chi connectivity index (χ4v) is 4.39. The first kappa shape index (κ1) is 24.2. The summed E-state index contributed by atoms with van der Waals surface area (Å²) in [5.74, 6) is -3.43. The van der Waals surface area contributed by atoms with Gasteiger partial charge in [0.15, 0.2) is 0 Å². The first-order valence-corrected chi connectivity index (χ1v) is 10.8. The molecule has 1 aromatic heterocycles. The van der Waals surface area contributed by atoms with Crippen LogP contribution in [0.2, 0.25) is 0 Å². The number of H-pyrrole nitrogens is 1. The summed E-state index contributed by atoms with van der Waals surface area (Å²) in [4.78, 5) is 71.1. The van der Waals surface area contributed by atoms with Crippen molar-refractivity contribution in [1.29, 1.82) is 0 Å². The lowest BCUT2D eigenvalue weighted by Crippen LogP contribution is -2.57. The molecule has 13 heteroatoms. The van der Waals surface area contributed by atoms with Crippen LogP contribution in [0.4, 0.5) is 0 Å². The normalized spacial score (nSPS) is 22.1. The van der Waals surface area contributed by atoms with Crippen LogP contribution in [-0.4, -0.2) is 91.7 Å². The van der Waals surface area contributed by atoms with Gasteiger partial charge in [0, 0.05) is 31.4 Å². The van der Waals surface area contributed by atoms with Gasteiger partial charge in [-0.3, -0.25) is 19.2 Å². The van der Waals surface area contributed by atoms with Crippen LogP contribution in [0.1, 0.15) is 37.8 Å². The number of nitrogens with two attached hydrogens (primary N) is 2. The number of likely N-dealkylation sites (tertiary alicyclic amines) is 2. The Kier molecular flexibility index (Phi) is 7.63. The van der Waals surface area contributed by atoms with E-state index >= 15 is 0 Å². The summed E-state index contributed by atoms with van der Waals surface area (Å²) in [6.07, 6.45) is 4.51. The summed E-state index contributed by atoms with van der Waals surface area (Å²) in [5, 5.41) is 12.2. The van der Waals surface area contributed by atoms with Crippen molar-refractivity contribution in [3.8, 4) is 0 Å². The SMILES string of the molecule is NC(=O)CC(N)C(=O)N1CCCC1C(=O)NC(Cc1cnc[nH]1)C(=O)N1CCCC1C(=O)O. The average Bonchev–Trinajstić information content (AvgIpc) is 3.52. The molecule has 4 unspecified atom stereocenters. The Morgan fingerprint density at radius 2 is 1.76 bits per heavy atom. The van der Waals surface area contributed by atoms with Crippen LogP contribution in [0.25, 0.3) is 0 Å². The zero-order chi connectivity index (χ0) is 24.1. The quantitative estimate of drug-likeness (QED) is 0.269. The standard InChI is InChI=1S/C20H29N7O6/c21-12(8-16(22)28)18(30)26-5-1-3-14(26)17(29)25-13(7-11-9-23-10-24-11)19(31)27-6-2-4-15(27)20(32)33/h9-10,12-15H,1-8,21H2,(H2,22,28)(H,23,24)(H,25,29)(H,32,33). The van der Waals surface area contributed by atoms with Gasteiger partial charge in [-0.05, 0) is 25.7 Å². The number of aromatic nitrogens is 2. The van der Waals surface area contributed by atoms with Crippen molar-refractivity contribution in [3.05, 3.63) is 18.2 Å². The second-order valence-corrected chi connectivity index (χ2v) is 8.34. The van der Waals surface area contributed by atoms with Crippen molar-refractivity contribution >= 4 is 29.6 Å². The number of nitrogens with one attached hydrogen (secondary N) is 2. The molecule has 33 heavy (non-hydrogen) atoms. The van der Waals surface area contributed by atoms with E-state index < -0.39 is 53.8 Å². The van der Waals surface area contributed by atoms with Crippen molar-refractivity contribution in [1.82, 2.24) is 25.1 Å². The minimum atomic E-state index is -1.15. The van der Waals surface area contributed by atoms with Crippen molar-refractivity contribution in [2.24, 2.45) is 11.5 Å². The second-order valence-electron chi connectivity index (χ2n) is 8.34. The molecule has 2 aliphatic rings. The number of amides is 4. The van der Waals surface area contributed by atoms with Crippen LogP contribution >= 0.6 is 0 Å². The maximum absolute atomic E-state index is 13.2. The Bertz CT molecular complexity index is 905. The fraction of sp³-hybridized carbons (Fsp3) is 0.600. The molecule has 2 fully saturated rings. The number of carboxylic acids is 1.